The van der Waals surface area contributed by atoms with E-state index < -0.39 is 0 Å². The lowest BCUT2D eigenvalue weighted by molar-refractivity contribution is 0.826. The second-order valence-electron chi connectivity index (χ2n) is 3.63. The second kappa shape index (κ2) is 3.86. The van der Waals surface area contributed by atoms with E-state index in [9.17, 15) is 0 Å². The predicted molar refractivity (Wildman–Crippen MR) is 60.0 cm³/mol. The van der Waals surface area contributed by atoms with Crippen molar-refractivity contribution in [1.82, 2.24) is 14.6 Å². The fourth-order valence-corrected chi connectivity index (χ4v) is 1.62. The molecule has 2 aromatic rings. The van der Waals surface area contributed by atoms with Crippen LogP contribution in [0.5, 0.6) is 0 Å². The fourth-order valence-electron chi connectivity index (χ4n) is 1.62. The van der Waals surface area contributed by atoms with Gasteiger partial charge in [0.05, 0.1) is 0 Å². The molecule has 0 saturated carbocycles. The second-order valence-corrected chi connectivity index (χ2v) is 3.63. The van der Waals surface area contributed by atoms with Crippen molar-refractivity contribution in [3.63, 3.8) is 0 Å². The Bertz CT molecular complexity index is 462. The SMILES string of the molecule is Cc1cc(N(C)CCN)n2ncnc2c1. The zero-order chi connectivity index (χ0) is 10.8. The number of nitrogens with two attached hydrogens (primary N) is 1. The predicted octanol–water partition coefficient (Wildman–Crippen LogP) is 0.433. The van der Waals surface area contributed by atoms with Crippen LogP contribution in [0, 0.1) is 6.92 Å². The van der Waals surface area contributed by atoms with E-state index in [1.165, 1.54) is 5.56 Å². The van der Waals surface area contributed by atoms with Crippen LogP contribution in [0.4, 0.5) is 5.82 Å². The van der Waals surface area contributed by atoms with Gasteiger partial charge >= 0.3 is 0 Å². The normalized spacial score (nSPS) is 10.9. The highest BCUT2D eigenvalue weighted by atomic mass is 15.4. The van der Waals surface area contributed by atoms with Crippen molar-refractivity contribution >= 4 is 11.5 Å². The van der Waals surface area contributed by atoms with Gasteiger partial charge in [0.25, 0.3) is 0 Å². The van der Waals surface area contributed by atoms with Gasteiger partial charge in [0.2, 0.25) is 0 Å². The summed E-state index contributed by atoms with van der Waals surface area (Å²) >= 11 is 0. The molecule has 0 fully saturated rings. The first-order valence-corrected chi connectivity index (χ1v) is 4.94. The molecular formula is C10H15N5. The maximum absolute atomic E-state index is 5.54. The maximum atomic E-state index is 5.54. The van der Waals surface area contributed by atoms with Crippen molar-refractivity contribution in [2.45, 2.75) is 6.92 Å². The Morgan fingerprint density at radius 2 is 2.27 bits per heavy atom. The first-order chi connectivity index (χ1) is 7.22. The number of fused-ring (bicyclic) bond motifs is 1. The van der Waals surface area contributed by atoms with Gasteiger partial charge in [-0.05, 0) is 24.6 Å². The highest BCUT2D eigenvalue weighted by Gasteiger charge is 2.07. The van der Waals surface area contributed by atoms with Crippen LogP contribution in [-0.2, 0) is 0 Å². The van der Waals surface area contributed by atoms with Gasteiger partial charge in [-0.25, -0.2) is 4.98 Å². The summed E-state index contributed by atoms with van der Waals surface area (Å²) in [6.07, 6.45) is 1.56. The number of aryl methyl sites for hydroxylation is 1. The van der Waals surface area contributed by atoms with Crippen LogP contribution in [0.3, 0.4) is 0 Å². The number of rotatable bonds is 3. The lowest BCUT2D eigenvalue weighted by atomic mass is 10.3. The summed E-state index contributed by atoms with van der Waals surface area (Å²) in [5.41, 5.74) is 7.58. The average molecular weight is 205 g/mol. The van der Waals surface area contributed by atoms with Gasteiger partial charge in [0, 0.05) is 20.1 Å². The van der Waals surface area contributed by atoms with Crippen LogP contribution in [0.25, 0.3) is 5.65 Å². The van der Waals surface area contributed by atoms with Crippen molar-refractivity contribution < 1.29 is 0 Å². The van der Waals surface area contributed by atoms with Gasteiger partial charge in [-0.2, -0.15) is 9.61 Å². The molecule has 80 valence electrons. The van der Waals surface area contributed by atoms with Crippen molar-refractivity contribution in [1.29, 1.82) is 0 Å². The minimum absolute atomic E-state index is 0.626. The van der Waals surface area contributed by atoms with Crippen LogP contribution in [0.2, 0.25) is 0 Å². The summed E-state index contributed by atoms with van der Waals surface area (Å²) in [5.74, 6) is 1.02. The van der Waals surface area contributed by atoms with Crippen molar-refractivity contribution in [2.75, 3.05) is 25.0 Å². The molecule has 5 nitrogen and oxygen atoms in total. The Kier molecular flexibility index (Phi) is 2.55. The van der Waals surface area contributed by atoms with E-state index in [4.69, 9.17) is 5.73 Å². The van der Waals surface area contributed by atoms with Gasteiger partial charge in [-0.1, -0.05) is 0 Å². The summed E-state index contributed by atoms with van der Waals surface area (Å²) in [7, 11) is 2.00. The first kappa shape index (κ1) is 9.92. The van der Waals surface area contributed by atoms with E-state index in [-0.39, 0.29) is 0 Å². The molecule has 2 rings (SSSR count). The Morgan fingerprint density at radius 3 is 3.00 bits per heavy atom. The van der Waals surface area contributed by atoms with Crippen LogP contribution in [0.15, 0.2) is 18.5 Å². The van der Waals surface area contributed by atoms with E-state index in [1.807, 2.05) is 17.6 Å². The molecule has 0 bridgehead atoms. The monoisotopic (exact) mass is 205 g/mol. The third kappa shape index (κ3) is 1.78. The minimum Gasteiger partial charge on any atom is -0.358 e. The van der Waals surface area contributed by atoms with E-state index in [0.717, 1.165) is 18.0 Å². The lowest BCUT2D eigenvalue weighted by Crippen LogP contribution is -2.27. The third-order valence-electron chi connectivity index (χ3n) is 2.36. The number of pyridine rings is 1. The van der Waals surface area contributed by atoms with Gasteiger partial charge in [-0.15, -0.1) is 0 Å². The molecule has 0 aliphatic carbocycles. The summed E-state index contributed by atoms with van der Waals surface area (Å²) in [6.45, 7) is 3.48. The maximum Gasteiger partial charge on any atom is 0.157 e. The molecule has 0 aliphatic heterocycles. The van der Waals surface area contributed by atoms with E-state index in [1.54, 1.807) is 6.33 Å². The number of nitrogens with zero attached hydrogens (tertiary/aromatic N) is 4. The molecule has 0 atom stereocenters. The van der Waals surface area contributed by atoms with Gasteiger partial charge < -0.3 is 10.6 Å². The molecular weight excluding hydrogens is 190 g/mol. The molecule has 2 heterocycles. The minimum atomic E-state index is 0.626. The molecule has 0 aliphatic rings. The zero-order valence-corrected chi connectivity index (χ0v) is 9.01. The molecule has 0 amide bonds. The number of hydrogen-bond acceptors (Lipinski definition) is 4. The number of hydrogen-bond donors (Lipinski definition) is 1. The van der Waals surface area contributed by atoms with E-state index in [2.05, 4.69) is 28.0 Å². The Labute approximate surface area is 88.5 Å². The Hall–Kier alpha value is -1.62. The standard InChI is InChI=1S/C10H15N5/c1-8-5-9-12-7-13-15(9)10(6-8)14(2)4-3-11/h5-7H,3-4,11H2,1-2H3. The van der Waals surface area contributed by atoms with Crippen LogP contribution >= 0.6 is 0 Å². The summed E-state index contributed by atoms with van der Waals surface area (Å²) in [4.78, 5) is 6.25. The smallest absolute Gasteiger partial charge is 0.157 e. The highest BCUT2D eigenvalue weighted by molar-refractivity contribution is 5.52. The third-order valence-corrected chi connectivity index (χ3v) is 2.36. The zero-order valence-electron chi connectivity index (χ0n) is 9.01. The van der Waals surface area contributed by atoms with Crippen molar-refractivity contribution in [2.24, 2.45) is 5.73 Å². The molecule has 2 N–H and O–H groups in total. The molecule has 2 aromatic heterocycles. The largest absolute Gasteiger partial charge is 0.358 e. The Morgan fingerprint density at radius 1 is 1.47 bits per heavy atom. The molecule has 0 unspecified atom stereocenters. The molecule has 0 aromatic carbocycles. The topological polar surface area (TPSA) is 59.5 Å². The molecule has 0 radical (unpaired) electrons. The summed E-state index contributed by atoms with van der Waals surface area (Å²) in [5, 5.41) is 4.19. The summed E-state index contributed by atoms with van der Waals surface area (Å²) < 4.78 is 1.82. The molecule has 0 saturated heterocycles. The van der Waals surface area contributed by atoms with Crippen molar-refractivity contribution in [3.8, 4) is 0 Å². The number of likely N-dealkylation sites (N-methyl/N-ethyl adjacent to an activating group) is 1. The van der Waals surface area contributed by atoms with Gasteiger partial charge in [0.1, 0.15) is 12.1 Å². The Balaban J connectivity index is 2.52. The van der Waals surface area contributed by atoms with Gasteiger partial charge in [-0.3, -0.25) is 0 Å². The van der Waals surface area contributed by atoms with E-state index in [0.29, 0.717) is 6.54 Å². The summed E-state index contributed by atoms with van der Waals surface area (Å²) in [6, 6.07) is 4.09. The lowest BCUT2D eigenvalue weighted by Gasteiger charge is -2.19. The first-order valence-electron chi connectivity index (χ1n) is 4.94. The van der Waals surface area contributed by atoms with Crippen molar-refractivity contribution in [3.05, 3.63) is 24.0 Å². The number of anilines is 1. The molecule has 0 spiro atoms. The van der Waals surface area contributed by atoms with E-state index >= 15 is 0 Å². The highest BCUT2D eigenvalue weighted by Crippen LogP contribution is 2.16. The van der Waals surface area contributed by atoms with Crippen LogP contribution in [-0.4, -0.2) is 34.7 Å². The van der Waals surface area contributed by atoms with Crippen LogP contribution < -0.4 is 10.6 Å². The van der Waals surface area contributed by atoms with Gasteiger partial charge in [0.15, 0.2) is 5.65 Å². The van der Waals surface area contributed by atoms with Crippen LogP contribution in [0.1, 0.15) is 5.56 Å². The fraction of sp³-hybridized carbons (Fsp3) is 0.400. The molecule has 15 heavy (non-hydrogen) atoms. The number of aromatic nitrogens is 3. The molecule has 5 heteroatoms. The quantitative estimate of drug-likeness (QED) is 0.789. The average Bonchev–Trinajstić information content (AvgIpc) is 2.64.